The molecule has 2 rings (SSSR count). The van der Waals surface area contributed by atoms with E-state index in [1.54, 1.807) is 6.07 Å². The van der Waals surface area contributed by atoms with Crippen molar-refractivity contribution in [2.75, 3.05) is 5.32 Å². The summed E-state index contributed by atoms with van der Waals surface area (Å²) in [5, 5.41) is 5.68. The van der Waals surface area contributed by atoms with E-state index in [2.05, 4.69) is 10.6 Å². The maximum absolute atomic E-state index is 12.5. The first-order valence-corrected chi connectivity index (χ1v) is 7.73. The SMILES string of the molecule is CC(C)NC(=O)C1(C(=O)Nc2ccccc2OC(C)C)CC1. The number of carbonyl (C=O) groups is 2. The molecule has 22 heavy (non-hydrogen) atoms. The number of rotatable bonds is 6. The van der Waals surface area contributed by atoms with Crippen LogP contribution in [0.15, 0.2) is 24.3 Å². The molecule has 1 aromatic rings. The number of para-hydroxylation sites is 2. The van der Waals surface area contributed by atoms with Crippen LogP contribution in [0.3, 0.4) is 0 Å². The first-order chi connectivity index (χ1) is 10.3. The van der Waals surface area contributed by atoms with Gasteiger partial charge in [-0.05, 0) is 52.7 Å². The molecule has 2 N–H and O–H groups in total. The maximum Gasteiger partial charge on any atom is 0.240 e. The molecule has 0 atom stereocenters. The largest absolute Gasteiger partial charge is 0.489 e. The van der Waals surface area contributed by atoms with Crippen LogP contribution in [-0.4, -0.2) is 24.0 Å². The molecule has 1 saturated carbocycles. The lowest BCUT2D eigenvalue weighted by Gasteiger charge is -2.19. The van der Waals surface area contributed by atoms with Crippen molar-refractivity contribution in [3.8, 4) is 5.75 Å². The second-order valence-corrected chi connectivity index (χ2v) is 6.33. The predicted octanol–water partition coefficient (Wildman–Crippen LogP) is 2.72. The van der Waals surface area contributed by atoms with Crippen molar-refractivity contribution in [3.05, 3.63) is 24.3 Å². The minimum atomic E-state index is -0.921. The zero-order valence-electron chi connectivity index (χ0n) is 13.6. The third-order valence-corrected chi connectivity index (χ3v) is 3.54. The Morgan fingerprint density at radius 3 is 2.27 bits per heavy atom. The highest BCUT2D eigenvalue weighted by molar-refractivity contribution is 6.13. The van der Waals surface area contributed by atoms with Crippen LogP contribution < -0.4 is 15.4 Å². The molecule has 1 aliphatic carbocycles. The monoisotopic (exact) mass is 304 g/mol. The fourth-order valence-corrected chi connectivity index (χ4v) is 2.25. The lowest BCUT2D eigenvalue weighted by atomic mass is 10.0. The zero-order chi connectivity index (χ0) is 16.3. The summed E-state index contributed by atoms with van der Waals surface area (Å²) in [6.45, 7) is 7.63. The minimum Gasteiger partial charge on any atom is -0.489 e. The van der Waals surface area contributed by atoms with Crippen LogP contribution in [0.4, 0.5) is 5.69 Å². The molecule has 5 heteroatoms. The van der Waals surface area contributed by atoms with Crippen molar-refractivity contribution < 1.29 is 14.3 Å². The summed E-state index contributed by atoms with van der Waals surface area (Å²) in [5.41, 5.74) is -0.320. The van der Waals surface area contributed by atoms with E-state index in [0.29, 0.717) is 24.3 Å². The average Bonchev–Trinajstić information content (AvgIpc) is 3.21. The zero-order valence-corrected chi connectivity index (χ0v) is 13.6. The highest BCUT2D eigenvalue weighted by atomic mass is 16.5. The Morgan fingerprint density at radius 1 is 1.09 bits per heavy atom. The summed E-state index contributed by atoms with van der Waals surface area (Å²) < 4.78 is 5.69. The predicted molar refractivity (Wildman–Crippen MR) is 85.8 cm³/mol. The number of ether oxygens (including phenoxy) is 1. The Labute approximate surface area is 131 Å². The summed E-state index contributed by atoms with van der Waals surface area (Å²) in [4.78, 5) is 24.8. The highest BCUT2D eigenvalue weighted by Gasteiger charge is 2.56. The van der Waals surface area contributed by atoms with E-state index >= 15 is 0 Å². The van der Waals surface area contributed by atoms with Gasteiger partial charge in [-0.1, -0.05) is 12.1 Å². The van der Waals surface area contributed by atoms with Crippen LogP contribution in [0.2, 0.25) is 0 Å². The van der Waals surface area contributed by atoms with Crippen molar-refractivity contribution in [2.24, 2.45) is 5.41 Å². The second-order valence-electron chi connectivity index (χ2n) is 6.33. The number of anilines is 1. The van der Waals surface area contributed by atoms with Gasteiger partial charge in [-0.2, -0.15) is 0 Å². The molecular formula is C17H24N2O3. The molecule has 1 aromatic carbocycles. The minimum absolute atomic E-state index is 0.0113. The van der Waals surface area contributed by atoms with Crippen LogP contribution in [0.1, 0.15) is 40.5 Å². The van der Waals surface area contributed by atoms with E-state index in [4.69, 9.17) is 4.74 Å². The third kappa shape index (κ3) is 3.59. The summed E-state index contributed by atoms with van der Waals surface area (Å²) in [5.74, 6) is 0.165. The van der Waals surface area contributed by atoms with Gasteiger partial charge < -0.3 is 15.4 Å². The molecule has 0 bridgehead atoms. The Kier molecular flexibility index (Phi) is 4.74. The van der Waals surface area contributed by atoms with Crippen LogP contribution in [0.5, 0.6) is 5.75 Å². The first-order valence-electron chi connectivity index (χ1n) is 7.73. The van der Waals surface area contributed by atoms with Gasteiger partial charge in [-0.3, -0.25) is 9.59 Å². The van der Waals surface area contributed by atoms with Crippen molar-refractivity contribution in [1.29, 1.82) is 0 Å². The molecule has 0 unspecified atom stereocenters. The number of amides is 2. The highest BCUT2D eigenvalue weighted by Crippen LogP contribution is 2.47. The van der Waals surface area contributed by atoms with Gasteiger partial charge in [-0.25, -0.2) is 0 Å². The van der Waals surface area contributed by atoms with E-state index in [1.807, 2.05) is 45.9 Å². The van der Waals surface area contributed by atoms with Crippen LogP contribution in [0.25, 0.3) is 0 Å². The molecule has 1 aliphatic rings. The average molecular weight is 304 g/mol. The van der Waals surface area contributed by atoms with Gasteiger partial charge in [0.2, 0.25) is 11.8 Å². The van der Waals surface area contributed by atoms with Crippen molar-refractivity contribution in [2.45, 2.75) is 52.7 Å². The molecule has 0 aliphatic heterocycles. The van der Waals surface area contributed by atoms with Gasteiger partial charge in [0.05, 0.1) is 11.8 Å². The number of nitrogens with one attached hydrogen (secondary N) is 2. The second kappa shape index (κ2) is 6.38. The first kappa shape index (κ1) is 16.3. The van der Waals surface area contributed by atoms with E-state index in [0.717, 1.165) is 0 Å². The molecule has 0 saturated heterocycles. The van der Waals surface area contributed by atoms with E-state index in [1.165, 1.54) is 0 Å². The van der Waals surface area contributed by atoms with E-state index in [-0.39, 0.29) is 24.0 Å². The molecule has 1 fully saturated rings. The fourth-order valence-electron chi connectivity index (χ4n) is 2.25. The van der Waals surface area contributed by atoms with Gasteiger partial charge in [0, 0.05) is 6.04 Å². The van der Waals surface area contributed by atoms with Gasteiger partial charge >= 0.3 is 0 Å². The van der Waals surface area contributed by atoms with Gasteiger partial charge in [0.1, 0.15) is 11.2 Å². The fraction of sp³-hybridized carbons (Fsp3) is 0.529. The standard InChI is InChI=1S/C17H24N2O3/c1-11(2)18-15(20)17(9-10-17)16(21)19-13-7-5-6-8-14(13)22-12(3)4/h5-8,11-12H,9-10H2,1-4H3,(H,18,20)(H,19,21). The molecule has 2 amide bonds. The van der Waals surface area contributed by atoms with Crippen LogP contribution in [0, 0.1) is 5.41 Å². The van der Waals surface area contributed by atoms with Crippen molar-refractivity contribution >= 4 is 17.5 Å². The molecule has 0 spiro atoms. The number of hydrogen-bond acceptors (Lipinski definition) is 3. The van der Waals surface area contributed by atoms with Crippen molar-refractivity contribution in [3.63, 3.8) is 0 Å². The third-order valence-electron chi connectivity index (χ3n) is 3.54. The molecule has 5 nitrogen and oxygen atoms in total. The van der Waals surface area contributed by atoms with Gasteiger partial charge in [-0.15, -0.1) is 0 Å². The molecule has 120 valence electrons. The molecule has 0 heterocycles. The van der Waals surface area contributed by atoms with Crippen LogP contribution >= 0.6 is 0 Å². The topological polar surface area (TPSA) is 67.4 Å². The van der Waals surface area contributed by atoms with Crippen LogP contribution in [-0.2, 0) is 9.59 Å². The normalized spacial score (nSPS) is 15.5. The van der Waals surface area contributed by atoms with E-state index < -0.39 is 5.41 Å². The Balaban J connectivity index is 2.11. The molecule has 0 aromatic heterocycles. The Morgan fingerprint density at radius 2 is 1.73 bits per heavy atom. The lowest BCUT2D eigenvalue weighted by Crippen LogP contribution is -2.42. The lowest BCUT2D eigenvalue weighted by molar-refractivity contribution is -0.134. The smallest absolute Gasteiger partial charge is 0.240 e. The van der Waals surface area contributed by atoms with Gasteiger partial charge in [0.15, 0.2) is 0 Å². The Bertz CT molecular complexity index is 563. The number of carbonyl (C=O) groups excluding carboxylic acids is 2. The summed E-state index contributed by atoms with van der Waals surface area (Å²) in [6.07, 6.45) is 1.19. The Hall–Kier alpha value is -2.04. The van der Waals surface area contributed by atoms with Gasteiger partial charge in [0.25, 0.3) is 0 Å². The molecule has 0 radical (unpaired) electrons. The summed E-state index contributed by atoms with van der Waals surface area (Å²) in [7, 11) is 0. The summed E-state index contributed by atoms with van der Waals surface area (Å²) in [6, 6.07) is 7.30. The maximum atomic E-state index is 12.5. The quantitative estimate of drug-likeness (QED) is 0.794. The summed E-state index contributed by atoms with van der Waals surface area (Å²) >= 11 is 0. The number of benzene rings is 1. The van der Waals surface area contributed by atoms with E-state index in [9.17, 15) is 9.59 Å². The molecular weight excluding hydrogens is 280 g/mol. The number of hydrogen-bond donors (Lipinski definition) is 2. The van der Waals surface area contributed by atoms with Crippen molar-refractivity contribution in [1.82, 2.24) is 5.32 Å².